The second-order valence-electron chi connectivity index (χ2n) is 7.35. The van der Waals surface area contributed by atoms with Crippen LogP contribution in [0, 0.1) is 10.8 Å². The van der Waals surface area contributed by atoms with Crippen LogP contribution in [0.3, 0.4) is 0 Å². The first-order chi connectivity index (χ1) is 10.1. The SMILES string of the molecule is CCCC1(C)CCCN(C(=O)C2(COC)CCNCC2)C1.Cl. The molecule has 2 saturated heterocycles. The molecule has 2 heterocycles. The van der Waals surface area contributed by atoms with Crippen LogP contribution in [0.2, 0.25) is 0 Å². The number of piperidine rings is 2. The molecular weight excluding hydrogens is 300 g/mol. The van der Waals surface area contributed by atoms with Crippen LogP contribution in [0.25, 0.3) is 0 Å². The highest BCUT2D eigenvalue weighted by molar-refractivity contribution is 5.85. The molecule has 22 heavy (non-hydrogen) atoms. The van der Waals surface area contributed by atoms with Crippen molar-refractivity contribution < 1.29 is 9.53 Å². The van der Waals surface area contributed by atoms with Crippen molar-refractivity contribution in [2.24, 2.45) is 10.8 Å². The first kappa shape index (κ1) is 19.7. The lowest BCUT2D eigenvalue weighted by molar-refractivity contribution is -0.151. The number of likely N-dealkylation sites (tertiary alicyclic amines) is 1. The van der Waals surface area contributed by atoms with Gasteiger partial charge in [0.2, 0.25) is 5.91 Å². The van der Waals surface area contributed by atoms with Gasteiger partial charge in [-0.15, -0.1) is 12.4 Å². The van der Waals surface area contributed by atoms with E-state index in [1.807, 2.05) is 0 Å². The molecule has 1 unspecified atom stereocenters. The Morgan fingerprint density at radius 1 is 1.27 bits per heavy atom. The zero-order valence-corrected chi connectivity index (χ0v) is 15.3. The second kappa shape index (κ2) is 8.51. The number of methoxy groups -OCH3 is 1. The van der Waals surface area contributed by atoms with Gasteiger partial charge in [0.25, 0.3) is 0 Å². The quantitative estimate of drug-likeness (QED) is 0.841. The average molecular weight is 333 g/mol. The van der Waals surface area contributed by atoms with Crippen LogP contribution in [-0.4, -0.2) is 50.7 Å². The van der Waals surface area contributed by atoms with Crippen molar-refractivity contribution in [1.82, 2.24) is 10.2 Å². The Morgan fingerprint density at radius 2 is 1.95 bits per heavy atom. The Hall–Kier alpha value is -0.320. The van der Waals surface area contributed by atoms with E-state index >= 15 is 0 Å². The minimum atomic E-state index is -0.287. The Bertz CT molecular complexity index is 349. The molecule has 5 heteroatoms. The van der Waals surface area contributed by atoms with E-state index in [0.717, 1.165) is 45.4 Å². The van der Waals surface area contributed by atoms with E-state index in [9.17, 15) is 4.79 Å². The predicted octanol–water partition coefficient (Wildman–Crippen LogP) is 2.85. The number of nitrogens with one attached hydrogen (secondary N) is 1. The van der Waals surface area contributed by atoms with Crippen LogP contribution in [-0.2, 0) is 9.53 Å². The lowest BCUT2D eigenvalue weighted by Crippen LogP contribution is -2.55. The number of hydrogen-bond donors (Lipinski definition) is 1. The molecule has 0 aliphatic carbocycles. The molecular formula is C17H33ClN2O2. The number of carbonyl (C=O) groups excluding carboxylic acids is 1. The molecule has 0 bridgehead atoms. The highest BCUT2D eigenvalue weighted by Gasteiger charge is 2.44. The van der Waals surface area contributed by atoms with Crippen LogP contribution >= 0.6 is 12.4 Å². The first-order valence-corrected chi connectivity index (χ1v) is 8.54. The van der Waals surface area contributed by atoms with E-state index in [1.54, 1.807) is 7.11 Å². The van der Waals surface area contributed by atoms with Crippen molar-refractivity contribution in [2.45, 2.75) is 52.4 Å². The molecule has 0 aromatic carbocycles. The minimum absolute atomic E-state index is 0. The highest BCUT2D eigenvalue weighted by atomic mass is 35.5. The van der Waals surface area contributed by atoms with Gasteiger partial charge in [0, 0.05) is 20.2 Å². The summed E-state index contributed by atoms with van der Waals surface area (Å²) >= 11 is 0. The number of nitrogens with zero attached hydrogens (tertiary/aromatic N) is 1. The lowest BCUT2D eigenvalue weighted by atomic mass is 9.75. The lowest BCUT2D eigenvalue weighted by Gasteiger charge is -2.45. The smallest absolute Gasteiger partial charge is 0.231 e. The number of ether oxygens (including phenoxy) is 1. The number of hydrogen-bond acceptors (Lipinski definition) is 3. The van der Waals surface area contributed by atoms with Gasteiger partial charge < -0.3 is 15.0 Å². The standard InChI is InChI=1S/C17H32N2O2.ClH/c1-4-6-16(2)7-5-12-19(13-16)15(20)17(14-21-3)8-10-18-11-9-17;/h18H,4-14H2,1-3H3;1H. The summed E-state index contributed by atoms with van der Waals surface area (Å²) in [6.07, 6.45) is 6.62. The fourth-order valence-electron chi connectivity index (χ4n) is 4.23. The van der Waals surface area contributed by atoms with Crippen LogP contribution in [0.5, 0.6) is 0 Å². The molecule has 2 rings (SSSR count). The first-order valence-electron chi connectivity index (χ1n) is 8.54. The van der Waals surface area contributed by atoms with Crippen LogP contribution in [0.15, 0.2) is 0 Å². The van der Waals surface area contributed by atoms with Crippen molar-refractivity contribution in [3.63, 3.8) is 0 Å². The number of halogens is 1. The molecule has 1 N–H and O–H groups in total. The topological polar surface area (TPSA) is 41.6 Å². The van der Waals surface area contributed by atoms with Crippen molar-refractivity contribution in [3.05, 3.63) is 0 Å². The number of amides is 1. The van der Waals surface area contributed by atoms with Gasteiger partial charge in [-0.3, -0.25) is 4.79 Å². The molecule has 0 saturated carbocycles. The minimum Gasteiger partial charge on any atom is -0.384 e. The summed E-state index contributed by atoms with van der Waals surface area (Å²) < 4.78 is 5.42. The molecule has 1 amide bonds. The molecule has 4 nitrogen and oxygen atoms in total. The fraction of sp³-hybridized carbons (Fsp3) is 0.941. The Kier molecular flexibility index (Phi) is 7.63. The Balaban J connectivity index is 0.00000242. The van der Waals surface area contributed by atoms with E-state index in [0.29, 0.717) is 17.9 Å². The summed E-state index contributed by atoms with van der Waals surface area (Å²) in [5.41, 5.74) is 0.0221. The Labute approximate surface area is 141 Å². The van der Waals surface area contributed by atoms with Crippen LogP contribution in [0.1, 0.15) is 52.4 Å². The number of carbonyl (C=O) groups is 1. The molecule has 130 valence electrons. The van der Waals surface area contributed by atoms with Gasteiger partial charge in [-0.2, -0.15) is 0 Å². The maximum Gasteiger partial charge on any atom is 0.231 e. The third-order valence-corrected chi connectivity index (χ3v) is 5.36. The van der Waals surface area contributed by atoms with Crippen molar-refractivity contribution in [1.29, 1.82) is 0 Å². The monoisotopic (exact) mass is 332 g/mol. The molecule has 2 aliphatic rings. The Morgan fingerprint density at radius 3 is 2.55 bits per heavy atom. The highest BCUT2D eigenvalue weighted by Crippen LogP contribution is 2.38. The number of rotatable bonds is 5. The maximum absolute atomic E-state index is 13.2. The largest absolute Gasteiger partial charge is 0.384 e. The van der Waals surface area contributed by atoms with Crippen molar-refractivity contribution in [2.75, 3.05) is 39.9 Å². The fourth-order valence-corrected chi connectivity index (χ4v) is 4.23. The molecule has 1 atom stereocenters. The van der Waals surface area contributed by atoms with E-state index in [2.05, 4.69) is 24.1 Å². The molecule has 2 aliphatic heterocycles. The van der Waals surface area contributed by atoms with Crippen LogP contribution < -0.4 is 5.32 Å². The predicted molar refractivity (Wildman–Crippen MR) is 92.5 cm³/mol. The van der Waals surface area contributed by atoms with Gasteiger partial charge in [-0.1, -0.05) is 20.3 Å². The van der Waals surface area contributed by atoms with E-state index in [-0.39, 0.29) is 17.8 Å². The summed E-state index contributed by atoms with van der Waals surface area (Å²) in [4.78, 5) is 15.3. The van der Waals surface area contributed by atoms with E-state index in [4.69, 9.17) is 4.74 Å². The molecule has 0 spiro atoms. The third kappa shape index (κ3) is 4.36. The summed E-state index contributed by atoms with van der Waals surface area (Å²) in [5, 5.41) is 3.37. The van der Waals surface area contributed by atoms with Gasteiger partial charge in [0.1, 0.15) is 0 Å². The zero-order valence-electron chi connectivity index (χ0n) is 14.5. The molecule has 0 aromatic rings. The molecule has 2 fully saturated rings. The average Bonchev–Trinajstić information content (AvgIpc) is 2.47. The van der Waals surface area contributed by atoms with Gasteiger partial charge in [-0.25, -0.2) is 0 Å². The van der Waals surface area contributed by atoms with Crippen LogP contribution in [0.4, 0.5) is 0 Å². The molecule has 0 aromatic heterocycles. The maximum atomic E-state index is 13.2. The van der Waals surface area contributed by atoms with Gasteiger partial charge in [0.15, 0.2) is 0 Å². The summed E-state index contributed by atoms with van der Waals surface area (Å²) in [6, 6.07) is 0. The molecule has 0 radical (unpaired) electrons. The van der Waals surface area contributed by atoms with E-state index < -0.39 is 0 Å². The zero-order chi connectivity index (χ0) is 15.3. The summed E-state index contributed by atoms with van der Waals surface area (Å²) in [7, 11) is 1.72. The second-order valence-corrected chi connectivity index (χ2v) is 7.35. The summed E-state index contributed by atoms with van der Waals surface area (Å²) in [5.74, 6) is 0.341. The van der Waals surface area contributed by atoms with Crippen molar-refractivity contribution in [3.8, 4) is 0 Å². The van der Waals surface area contributed by atoms with E-state index in [1.165, 1.54) is 19.3 Å². The van der Waals surface area contributed by atoms with Crippen molar-refractivity contribution >= 4 is 18.3 Å². The summed E-state index contributed by atoms with van der Waals surface area (Å²) in [6.45, 7) is 8.86. The normalized spacial score (nSPS) is 28.0. The van der Waals surface area contributed by atoms with Gasteiger partial charge >= 0.3 is 0 Å². The van der Waals surface area contributed by atoms with Gasteiger partial charge in [-0.05, 0) is 50.6 Å². The third-order valence-electron chi connectivity index (χ3n) is 5.36. The van der Waals surface area contributed by atoms with Gasteiger partial charge in [0.05, 0.1) is 12.0 Å².